The van der Waals surface area contributed by atoms with Gasteiger partial charge >= 0.3 is 0 Å². The van der Waals surface area contributed by atoms with Crippen LogP contribution in [-0.2, 0) is 13.0 Å². The Balaban J connectivity index is 1.66. The van der Waals surface area contributed by atoms with Gasteiger partial charge in [-0.25, -0.2) is 4.39 Å². The van der Waals surface area contributed by atoms with Crippen LogP contribution in [0.2, 0.25) is 0 Å². The number of aryl methyl sites for hydroxylation is 3. The third-order valence-electron chi connectivity index (χ3n) is 3.83. The van der Waals surface area contributed by atoms with Crippen molar-refractivity contribution in [2.24, 2.45) is 4.99 Å². The molecule has 1 heterocycles. The summed E-state index contributed by atoms with van der Waals surface area (Å²) in [6.07, 6.45) is 5.71. The second-order valence-corrected chi connectivity index (χ2v) is 5.88. The smallest absolute Gasteiger partial charge is 0.190 e. The molecule has 0 aliphatic heterocycles. The maximum atomic E-state index is 13.1. The summed E-state index contributed by atoms with van der Waals surface area (Å²) in [5.74, 6) is 0.598. The summed E-state index contributed by atoms with van der Waals surface area (Å²) in [5, 5.41) is 10.8. The lowest BCUT2D eigenvalue weighted by molar-refractivity contribution is 0.570. The number of aliphatic imine (C=N–C) groups is 1. The van der Waals surface area contributed by atoms with Crippen LogP contribution < -0.4 is 10.6 Å². The first kappa shape index (κ1) is 18.0. The van der Waals surface area contributed by atoms with Gasteiger partial charge in [-0.2, -0.15) is 5.10 Å². The summed E-state index contributed by atoms with van der Waals surface area (Å²) >= 11 is 0. The van der Waals surface area contributed by atoms with Crippen LogP contribution in [0.25, 0.3) is 0 Å². The highest BCUT2D eigenvalue weighted by molar-refractivity contribution is 5.79. The molecule has 0 radical (unpaired) electrons. The summed E-state index contributed by atoms with van der Waals surface area (Å²) in [6.45, 7) is 6.43. The molecular formula is C18H26FN5. The Morgan fingerprint density at radius 1 is 1.25 bits per heavy atom. The molecule has 0 bridgehead atoms. The minimum absolute atomic E-state index is 0.186. The topological polar surface area (TPSA) is 54.2 Å². The van der Waals surface area contributed by atoms with Gasteiger partial charge in [-0.1, -0.05) is 6.07 Å². The molecule has 130 valence electrons. The fourth-order valence-electron chi connectivity index (χ4n) is 2.51. The molecule has 0 atom stereocenters. The van der Waals surface area contributed by atoms with E-state index < -0.39 is 0 Å². The largest absolute Gasteiger partial charge is 0.356 e. The van der Waals surface area contributed by atoms with E-state index in [-0.39, 0.29) is 5.82 Å². The van der Waals surface area contributed by atoms with E-state index in [9.17, 15) is 4.39 Å². The summed E-state index contributed by atoms with van der Waals surface area (Å²) in [5.41, 5.74) is 3.30. The molecule has 24 heavy (non-hydrogen) atoms. The number of rotatable bonds is 7. The van der Waals surface area contributed by atoms with Gasteiger partial charge in [0.15, 0.2) is 5.96 Å². The van der Waals surface area contributed by atoms with E-state index >= 15 is 0 Å². The molecule has 6 heteroatoms. The van der Waals surface area contributed by atoms with Crippen LogP contribution in [0.4, 0.5) is 4.39 Å². The predicted molar refractivity (Wildman–Crippen MR) is 95.8 cm³/mol. The van der Waals surface area contributed by atoms with E-state index in [4.69, 9.17) is 0 Å². The zero-order valence-corrected chi connectivity index (χ0v) is 14.6. The summed E-state index contributed by atoms with van der Waals surface area (Å²) in [4.78, 5) is 4.22. The standard InChI is InChI=1S/C18H26FN5/c1-14-12-23-24(13-14)10-4-8-21-18(20-3)22-9-7-16-5-6-17(19)11-15(16)2/h5-6,11-13H,4,7-10H2,1-3H3,(H2,20,21,22). The molecule has 5 nitrogen and oxygen atoms in total. The van der Waals surface area contributed by atoms with Crippen LogP contribution in [0, 0.1) is 19.7 Å². The predicted octanol–water partition coefficient (Wildman–Crippen LogP) is 2.44. The van der Waals surface area contributed by atoms with Crippen LogP contribution in [0.5, 0.6) is 0 Å². The number of nitrogens with one attached hydrogen (secondary N) is 2. The first-order chi connectivity index (χ1) is 11.6. The molecule has 2 rings (SSSR count). The molecule has 0 aliphatic carbocycles. The summed E-state index contributed by atoms with van der Waals surface area (Å²) in [6, 6.07) is 4.92. The van der Waals surface area contributed by atoms with Crippen molar-refractivity contribution < 1.29 is 4.39 Å². The molecule has 0 aliphatic rings. The Morgan fingerprint density at radius 3 is 2.71 bits per heavy atom. The molecule has 0 saturated carbocycles. The average molecular weight is 331 g/mol. The lowest BCUT2D eigenvalue weighted by atomic mass is 10.1. The van der Waals surface area contributed by atoms with Gasteiger partial charge in [0.05, 0.1) is 6.20 Å². The second kappa shape index (κ2) is 9.05. The molecule has 1 aromatic carbocycles. The Hall–Kier alpha value is -2.37. The van der Waals surface area contributed by atoms with Gasteiger partial charge in [-0.15, -0.1) is 0 Å². The molecule has 0 unspecified atom stereocenters. The van der Waals surface area contributed by atoms with Gasteiger partial charge in [0.25, 0.3) is 0 Å². The third kappa shape index (κ3) is 5.68. The molecule has 1 aromatic heterocycles. The minimum atomic E-state index is -0.186. The minimum Gasteiger partial charge on any atom is -0.356 e. The monoisotopic (exact) mass is 331 g/mol. The number of halogens is 1. The van der Waals surface area contributed by atoms with Gasteiger partial charge in [-0.3, -0.25) is 9.67 Å². The van der Waals surface area contributed by atoms with Crippen molar-refractivity contribution in [2.75, 3.05) is 20.1 Å². The maximum absolute atomic E-state index is 13.1. The van der Waals surface area contributed by atoms with Gasteiger partial charge in [0.1, 0.15) is 5.82 Å². The first-order valence-electron chi connectivity index (χ1n) is 8.27. The van der Waals surface area contributed by atoms with E-state index in [0.717, 1.165) is 49.6 Å². The van der Waals surface area contributed by atoms with Crippen LogP contribution in [-0.4, -0.2) is 35.9 Å². The second-order valence-electron chi connectivity index (χ2n) is 5.88. The summed E-state index contributed by atoms with van der Waals surface area (Å²) < 4.78 is 15.0. The zero-order valence-electron chi connectivity index (χ0n) is 14.6. The molecule has 0 fully saturated rings. The SMILES string of the molecule is CN=C(NCCCn1cc(C)cn1)NCCc1ccc(F)cc1C. The molecule has 2 N–H and O–H groups in total. The highest BCUT2D eigenvalue weighted by Crippen LogP contribution is 2.10. The highest BCUT2D eigenvalue weighted by Gasteiger charge is 2.02. The highest BCUT2D eigenvalue weighted by atomic mass is 19.1. The zero-order chi connectivity index (χ0) is 17.4. The number of benzene rings is 1. The number of aromatic nitrogens is 2. The molecule has 0 spiro atoms. The average Bonchev–Trinajstić information content (AvgIpc) is 2.97. The Bertz CT molecular complexity index is 678. The van der Waals surface area contributed by atoms with E-state index in [2.05, 4.69) is 20.7 Å². The van der Waals surface area contributed by atoms with Crippen molar-refractivity contribution >= 4 is 5.96 Å². The number of hydrogen-bond acceptors (Lipinski definition) is 2. The van der Waals surface area contributed by atoms with Gasteiger partial charge in [-0.05, 0) is 55.5 Å². The first-order valence-corrected chi connectivity index (χ1v) is 8.27. The van der Waals surface area contributed by atoms with Crippen LogP contribution in [0.15, 0.2) is 35.6 Å². The molecular weight excluding hydrogens is 305 g/mol. The summed E-state index contributed by atoms with van der Waals surface area (Å²) in [7, 11) is 1.76. The van der Waals surface area contributed by atoms with Gasteiger partial charge in [0.2, 0.25) is 0 Å². The number of guanidine groups is 1. The normalized spacial score (nSPS) is 11.6. The fraction of sp³-hybridized carbons (Fsp3) is 0.444. The van der Waals surface area contributed by atoms with E-state index in [1.165, 1.54) is 11.6 Å². The van der Waals surface area contributed by atoms with E-state index in [0.29, 0.717) is 0 Å². The van der Waals surface area contributed by atoms with Crippen molar-refractivity contribution in [3.05, 3.63) is 53.1 Å². The van der Waals surface area contributed by atoms with Gasteiger partial charge < -0.3 is 10.6 Å². The van der Waals surface area contributed by atoms with E-state index in [1.807, 2.05) is 37.0 Å². The van der Waals surface area contributed by atoms with Crippen molar-refractivity contribution in [3.63, 3.8) is 0 Å². The lowest BCUT2D eigenvalue weighted by Gasteiger charge is -2.12. The third-order valence-corrected chi connectivity index (χ3v) is 3.83. The van der Waals surface area contributed by atoms with Gasteiger partial charge in [0, 0.05) is 32.9 Å². The quantitative estimate of drug-likeness (QED) is 0.465. The van der Waals surface area contributed by atoms with Crippen molar-refractivity contribution in [2.45, 2.75) is 33.2 Å². The molecule has 0 amide bonds. The van der Waals surface area contributed by atoms with Crippen molar-refractivity contribution in [1.82, 2.24) is 20.4 Å². The fourth-order valence-corrected chi connectivity index (χ4v) is 2.51. The van der Waals surface area contributed by atoms with Crippen molar-refractivity contribution in [3.8, 4) is 0 Å². The molecule has 2 aromatic rings. The maximum Gasteiger partial charge on any atom is 0.190 e. The van der Waals surface area contributed by atoms with Crippen LogP contribution in [0.1, 0.15) is 23.1 Å². The Kier molecular flexibility index (Phi) is 6.78. The Morgan fingerprint density at radius 2 is 2.04 bits per heavy atom. The van der Waals surface area contributed by atoms with Crippen LogP contribution >= 0.6 is 0 Å². The van der Waals surface area contributed by atoms with Crippen molar-refractivity contribution in [1.29, 1.82) is 0 Å². The van der Waals surface area contributed by atoms with Crippen LogP contribution in [0.3, 0.4) is 0 Å². The lowest BCUT2D eigenvalue weighted by Crippen LogP contribution is -2.39. The van der Waals surface area contributed by atoms with E-state index in [1.54, 1.807) is 13.1 Å². The number of nitrogens with zero attached hydrogens (tertiary/aromatic N) is 3. The Labute approximate surface area is 143 Å². The number of hydrogen-bond donors (Lipinski definition) is 2. The molecule has 0 saturated heterocycles.